The maximum absolute atomic E-state index is 13.1. The topological polar surface area (TPSA) is 27.0 Å². The second kappa shape index (κ2) is 6.96. The molecule has 1 atom stereocenters. The molecular weight excluding hydrogens is 323 g/mol. The van der Waals surface area contributed by atoms with Crippen molar-refractivity contribution in [2.75, 3.05) is 11.4 Å². The molecule has 0 spiro atoms. The zero-order chi connectivity index (χ0) is 18.9. The molecule has 1 aliphatic rings. The first-order valence-electron chi connectivity index (χ1n) is 9.15. The van der Waals surface area contributed by atoms with Gasteiger partial charge in [0.25, 0.3) is 0 Å². The largest absolute Gasteiger partial charge is 0.366 e. The van der Waals surface area contributed by atoms with Crippen molar-refractivity contribution in [3.05, 3.63) is 65.0 Å². The lowest BCUT2D eigenvalue weighted by Crippen LogP contribution is -2.48. The number of rotatable bonds is 3. The van der Waals surface area contributed by atoms with E-state index in [0.717, 1.165) is 24.1 Å². The summed E-state index contributed by atoms with van der Waals surface area (Å²) in [5, 5.41) is 9.53. The average Bonchev–Trinajstić information content (AvgIpc) is 2.60. The van der Waals surface area contributed by atoms with Crippen LogP contribution in [-0.2, 0) is 0 Å². The lowest BCUT2D eigenvalue weighted by molar-refractivity contribution is 0.381. The highest BCUT2D eigenvalue weighted by molar-refractivity contribution is 5.90. The van der Waals surface area contributed by atoms with Crippen molar-refractivity contribution in [3.63, 3.8) is 0 Å². The quantitative estimate of drug-likeness (QED) is 0.502. The van der Waals surface area contributed by atoms with Crippen LogP contribution in [0.15, 0.2) is 42.5 Å². The third-order valence-corrected chi connectivity index (χ3v) is 5.31. The van der Waals surface area contributed by atoms with Crippen molar-refractivity contribution in [2.45, 2.75) is 45.6 Å². The highest BCUT2D eigenvalue weighted by atomic mass is 19.1. The van der Waals surface area contributed by atoms with Crippen LogP contribution in [-0.4, -0.2) is 12.1 Å². The van der Waals surface area contributed by atoms with E-state index >= 15 is 0 Å². The Labute approximate surface area is 155 Å². The number of anilines is 1. The van der Waals surface area contributed by atoms with Crippen LogP contribution >= 0.6 is 0 Å². The molecule has 1 aliphatic heterocycles. The molecule has 0 aliphatic carbocycles. The molecule has 0 amide bonds. The predicted octanol–water partition coefficient (Wildman–Crippen LogP) is 6.00. The van der Waals surface area contributed by atoms with Crippen LogP contribution in [0.4, 0.5) is 10.1 Å². The molecule has 3 rings (SSSR count). The number of nitriles is 1. The van der Waals surface area contributed by atoms with Gasteiger partial charge >= 0.3 is 0 Å². The molecule has 2 aromatic rings. The van der Waals surface area contributed by atoms with E-state index < -0.39 is 0 Å². The van der Waals surface area contributed by atoms with Gasteiger partial charge in [-0.05, 0) is 80.1 Å². The molecule has 0 bridgehead atoms. The SMILES string of the molecule is CCN1c2ccc(/C=C(\C#N)c3ccc(F)cc3)cc2C(C)CC1(C)C. The summed E-state index contributed by atoms with van der Waals surface area (Å²) >= 11 is 0. The Morgan fingerprint density at radius 3 is 2.58 bits per heavy atom. The average molecular weight is 348 g/mol. The van der Waals surface area contributed by atoms with E-state index in [4.69, 9.17) is 0 Å². The molecule has 0 N–H and O–H groups in total. The van der Waals surface area contributed by atoms with Crippen LogP contribution in [0.25, 0.3) is 11.6 Å². The van der Waals surface area contributed by atoms with Gasteiger partial charge in [-0.3, -0.25) is 0 Å². The second-order valence-corrected chi connectivity index (χ2v) is 7.66. The van der Waals surface area contributed by atoms with Gasteiger partial charge in [-0.2, -0.15) is 5.26 Å². The first-order valence-corrected chi connectivity index (χ1v) is 9.15. The molecule has 1 unspecified atom stereocenters. The van der Waals surface area contributed by atoms with E-state index in [1.807, 2.05) is 6.08 Å². The third kappa shape index (κ3) is 3.37. The minimum Gasteiger partial charge on any atom is -0.366 e. The highest BCUT2D eigenvalue weighted by Gasteiger charge is 2.35. The fourth-order valence-corrected chi connectivity index (χ4v) is 4.17. The summed E-state index contributed by atoms with van der Waals surface area (Å²) < 4.78 is 13.1. The maximum Gasteiger partial charge on any atom is 0.123 e. The number of hydrogen-bond donors (Lipinski definition) is 0. The normalized spacial score (nSPS) is 19.0. The maximum atomic E-state index is 13.1. The van der Waals surface area contributed by atoms with E-state index in [9.17, 15) is 9.65 Å². The number of halogens is 1. The Morgan fingerprint density at radius 1 is 1.27 bits per heavy atom. The number of nitrogens with zero attached hydrogens (tertiary/aromatic N) is 2. The van der Waals surface area contributed by atoms with E-state index in [1.165, 1.54) is 23.4 Å². The molecule has 0 saturated carbocycles. The van der Waals surface area contributed by atoms with Crippen LogP contribution in [0.3, 0.4) is 0 Å². The lowest BCUT2D eigenvalue weighted by Gasteiger charge is -2.47. The van der Waals surface area contributed by atoms with Crippen LogP contribution in [0.1, 0.15) is 56.7 Å². The standard InChI is InChI=1S/C23H25FN2/c1-5-26-22-11-6-17(13-21(22)16(2)14-23(26,3)4)12-19(15-25)18-7-9-20(24)10-8-18/h6-13,16H,5,14H2,1-4H3/b19-12+. The molecule has 3 heteroatoms. The molecule has 0 aromatic heterocycles. The van der Waals surface area contributed by atoms with Crippen molar-refractivity contribution >= 4 is 17.3 Å². The number of fused-ring (bicyclic) bond motifs is 1. The van der Waals surface area contributed by atoms with Gasteiger partial charge < -0.3 is 4.90 Å². The molecule has 2 aromatic carbocycles. The number of allylic oxidation sites excluding steroid dienone is 1. The predicted molar refractivity (Wildman–Crippen MR) is 106 cm³/mol. The molecule has 0 fully saturated rings. The Morgan fingerprint density at radius 2 is 1.96 bits per heavy atom. The summed E-state index contributed by atoms with van der Waals surface area (Å²) in [6, 6.07) is 14.7. The van der Waals surface area contributed by atoms with Crippen molar-refractivity contribution in [2.24, 2.45) is 0 Å². The van der Waals surface area contributed by atoms with E-state index in [1.54, 1.807) is 12.1 Å². The van der Waals surface area contributed by atoms with E-state index in [-0.39, 0.29) is 11.4 Å². The van der Waals surface area contributed by atoms with Gasteiger partial charge in [0.2, 0.25) is 0 Å². The molecule has 134 valence electrons. The van der Waals surface area contributed by atoms with Crippen molar-refractivity contribution in [1.82, 2.24) is 0 Å². The molecule has 2 nitrogen and oxygen atoms in total. The molecule has 0 saturated heterocycles. The molecule has 26 heavy (non-hydrogen) atoms. The van der Waals surface area contributed by atoms with Crippen LogP contribution < -0.4 is 4.90 Å². The zero-order valence-corrected chi connectivity index (χ0v) is 15.9. The molecule has 1 heterocycles. The summed E-state index contributed by atoms with van der Waals surface area (Å²) in [5.41, 5.74) is 5.04. The van der Waals surface area contributed by atoms with Gasteiger partial charge in [-0.1, -0.05) is 25.1 Å². The first-order chi connectivity index (χ1) is 12.4. The number of hydrogen-bond acceptors (Lipinski definition) is 2. The number of benzene rings is 2. The summed E-state index contributed by atoms with van der Waals surface area (Å²) in [6.45, 7) is 10.0. The molecule has 0 radical (unpaired) electrons. The summed E-state index contributed by atoms with van der Waals surface area (Å²) in [7, 11) is 0. The lowest BCUT2D eigenvalue weighted by atomic mass is 9.79. The monoisotopic (exact) mass is 348 g/mol. The Kier molecular flexibility index (Phi) is 4.87. The van der Waals surface area contributed by atoms with Gasteiger partial charge in [0.1, 0.15) is 5.82 Å². The van der Waals surface area contributed by atoms with Gasteiger partial charge in [0, 0.05) is 17.8 Å². The van der Waals surface area contributed by atoms with E-state index in [0.29, 0.717) is 11.5 Å². The van der Waals surface area contributed by atoms with Gasteiger partial charge in [0.05, 0.1) is 11.6 Å². The molecular formula is C23H25FN2. The zero-order valence-electron chi connectivity index (χ0n) is 15.9. The van der Waals surface area contributed by atoms with Crippen molar-refractivity contribution < 1.29 is 4.39 Å². The van der Waals surface area contributed by atoms with E-state index in [2.05, 4.69) is 56.9 Å². The van der Waals surface area contributed by atoms with Crippen LogP contribution in [0, 0.1) is 17.1 Å². The van der Waals surface area contributed by atoms with Gasteiger partial charge in [0.15, 0.2) is 0 Å². The fourth-order valence-electron chi connectivity index (χ4n) is 4.17. The van der Waals surface area contributed by atoms with Crippen LogP contribution in [0.2, 0.25) is 0 Å². The first kappa shape index (κ1) is 18.2. The minimum absolute atomic E-state index is 0.143. The smallest absolute Gasteiger partial charge is 0.123 e. The Hall–Kier alpha value is -2.60. The Bertz CT molecular complexity index is 872. The second-order valence-electron chi connectivity index (χ2n) is 7.66. The fraction of sp³-hybridized carbons (Fsp3) is 0.348. The van der Waals surface area contributed by atoms with Gasteiger partial charge in [-0.15, -0.1) is 0 Å². The minimum atomic E-state index is -0.295. The Balaban J connectivity index is 2.02. The van der Waals surface area contributed by atoms with Crippen molar-refractivity contribution in [3.8, 4) is 6.07 Å². The third-order valence-electron chi connectivity index (χ3n) is 5.31. The summed E-state index contributed by atoms with van der Waals surface area (Å²) in [6.07, 6.45) is 2.99. The highest BCUT2D eigenvalue weighted by Crippen LogP contribution is 2.43. The van der Waals surface area contributed by atoms with Gasteiger partial charge in [-0.25, -0.2) is 4.39 Å². The summed E-state index contributed by atoms with van der Waals surface area (Å²) in [4.78, 5) is 2.46. The summed E-state index contributed by atoms with van der Waals surface area (Å²) in [5.74, 6) is 0.170. The van der Waals surface area contributed by atoms with Crippen molar-refractivity contribution in [1.29, 1.82) is 5.26 Å². The van der Waals surface area contributed by atoms with Crippen LogP contribution in [0.5, 0.6) is 0 Å².